The highest BCUT2D eigenvalue weighted by Gasteiger charge is 2.32. The van der Waals surface area contributed by atoms with E-state index in [9.17, 15) is 18.3 Å². The van der Waals surface area contributed by atoms with Crippen molar-refractivity contribution >= 4 is 27.3 Å². The van der Waals surface area contributed by atoms with E-state index in [0.29, 0.717) is 31.7 Å². The molecule has 2 aliphatic rings. The van der Waals surface area contributed by atoms with Crippen LogP contribution in [0.2, 0.25) is 0 Å². The molecule has 1 saturated heterocycles. The number of sulfonamides is 1. The van der Waals surface area contributed by atoms with E-state index in [1.54, 1.807) is 0 Å². The number of rotatable bonds is 5. The van der Waals surface area contributed by atoms with Gasteiger partial charge in [0.25, 0.3) is 10.0 Å². The van der Waals surface area contributed by atoms with Gasteiger partial charge in [-0.1, -0.05) is 0 Å². The third kappa shape index (κ3) is 3.58. The standard InChI is InChI=1S/C14H20N2O5S2/c17-13(18)12-10-3-4-15-7-11(10)22-14(12)23(19,20)16-6-9-2-1-5-21-8-9/h9,15-16H,1-8H2,(H,17,18)/t9-/m0/s1. The molecule has 0 radical (unpaired) electrons. The summed E-state index contributed by atoms with van der Waals surface area (Å²) in [6.07, 6.45) is 2.38. The topological polar surface area (TPSA) is 105 Å². The Hall–Kier alpha value is -1.00. The molecule has 0 amide bonds. The number of fused-ring (bicyclic) bond motifs is 1. The smallest absolute Gasteiger partial charge is 0.338 e. The van der Waals surface area contributed by atoms with Crippen LogP contribution in [-0.4, -0.2) is 45.8 Å². The molecule has 0 unspecified atom stereocenters. The van der Waals surface area contributed by atoms with E-state index >= 15 is 0 Å². The highest BCUT2D eigenvalue weighted by atomic mass is 32.2. The van der Waals surface area contributed by atoms with Crippen LogP contribution in [0, 0.1) is 5.92 Å². The van der Waals surface area contributed by atoms with E-state index < -0.39 is 16.0 Å². The van der Waals surface area contributed by atoms with Crippen LogP contribution in [0.25, 0.3) is 0 Å². The number of thiophene rings is 1. The zero-order valence-corrected chi connectivity index (χ0v) is 14.3. The fourth-order valence-electron chi connectivity index (χ4n) is 2.98. The molecule has 1 aromatic heterocycles. The van der Waals surface area contributed by atoms with Crippen molar-refractivity contribution in [3.8, 4) is 0 Å². The van der Waals surface area contributed by atoms with Gasteiger partial charge in [0.15, 0.2) is 0 Å². The van der Waals surface area contributed by atoms with Gasteiger partial charge in [-0.05, 0) is 37.3 Å². The summed E-state index contributed by atoms with van der Waals surface area (Å²) in [5, 5.41) is 12.6. The highest BCUT2D eigenvalue weighted by molar-refractivity contribution is 7.91. The predicted molar refractivity (Wildman–Crippen MR) is 85.4 cm³/mol. The molecule has 9 heteroatoms. The van der Waals surface area contributed by atoms with Gasteiger partial charge in [-0.3, -0.25) is 0 Å². The van der Waals surface area contributed by atoms with E-state index in [1.165, 1.54) is 0 Å². The number of nitrogens with one attached hydrogen (secondary N) is 2. The van der Waals surface area contributed by atoms with Gasteiger partial charge in [-0.25, -0.2) is 17.9 Å². The van der Waals surface area contributed by atoms with Crippen molar-refractivity contribution in [1.82, 2.24) is 10.0 Å². The Labute approximate surface area is 139 Å². The summed E-state index contributed by atoms with van der Waals surface area (Å²) in [6.45, 7) is 2.72. The molecule has 1 atom stereocenters. The van der Waals surface area contributed by atoms with E-state index in [4.69, 9.17) is 4.74 Å². The Balaban J connectivity index is 1.84. The van der Waals surface area contributed by atoms with Crippen LogP contribution in [0.15, 0.2) is 4.21 Å². The van der Waals surface area contributed by atoms with Crippen LogP contribution in [0.1, 0.15) is 33.6 Å². The number of ether oxygens (including phenoxy) is 1. The average molecular weight is 360 g/mol. The zero-order chi connectivity index (χ0) is 16.4. The third-order valence-corrected chi connectivity index (χ3v) is 7.34. The molecule has 128 valence electrons. The number of carboxylic acids is 1. The minimum absolute atomic E-state index is 0.0566. The minimum Gasteiger partial charge on any atom is -0.478 e. The summed E-state index contributed by atoms with van der Waals surface area (Å²) in [6, 6.07) is 0. The van der Waals surface area contributed by atoms with Gasteiger partial charge >= 0.3 is 5.97 Å². The number of hydrogen-bond acceptors (Lipinski definition) is 6. The molecular formula is C14H20N2O5S2. The van der Waals surface area contributed by atoms with Crippen molar-refractivity contribution in [2.24, 2.45) is 5.92 Å². The van der Waals surface area contributed by atoms with Gasteiger partial charge in [0.1, 0.15) is 4.21 Å². The maximum atomic E-state index is 12.6. The minimum atomic E-state index is -3.83. The molecule has 3 N–H and O–H groups in total. The largest absolute Gasteiger partial charge is 0.478 e. The monoisotopic (exact) mass is 360 g/mol. The maximum absolute atomic E-state index is 12.6. The summed E-state index contributed by atoms with van der Waals surface area (Å²) in [7, 11) is -3.83. The molecule has 7 nitrogen and oxygen atoms in total. The van der Waals surface area contributed by atoms with Gasteiger partial charge in [-0.2, -0.15) is 0 Å². The Kier molecular flexibility index (Phi) is 5.02. The second kappa shape index (κ2) is 6.86. The molecule has 2 aliphatic heterocycles. The fourth-order valence-corrected chi connectivity index (χ4v) is 6.00. The van der Waals surface area contributed by atoms with Crippen molar-refractivity contribution < 1.29 is 23.1 Å². The van der Waals surface area contributed by atoms with Crippen LogP contribution >= 0.6 is 11.3 Å². The van der Waals surface area contributed by atoms with Crippen molar-refractivity contribution in [2.75, 3.05) is 26.3 Å². The van der Waals surface area contributed by atoms with E-state index in [0.717, 1.165) is 35.7 Å². The highest BCUT2D eigenvalue weighted by Crippen LogP contribution is 2.34. The van der Waals surface area contributed by atoms with Crippen molar-refractivity contribution in [3.63, 3.8) is 0 Å². The van der Waals surface area contributed by atoms with Gasteiger partial charge in [0.2, 0.25) is 0 Å². The summed E-state index contributed by atoms with van der Waals surface area (Å²) < 4.78 is 33.0. The van der Waals surface area contributed by atoms with Crippen LogP contribution in [0.3, 0.4) is 0 Å². The number of carboxylic acid groups (broad SMARTS) is 1. The van der Waals surface area contributed by atoms with Gasteiger partial charge < -0.3 is 15.2 Å². The number of aromatic carboxylic acids is 1. The molecular weight excluding hydrogens is 340 g/mol. The van der Waals surface area contributed by atoms with E-state index in [2.05, 4.69) is 10.0 Å². The Bertz CT molecular complexity index is 692. The van der Waals surface area contributed by atoms with Crippen molar-refractivity contribution in [2.45, 2.75) is 30.0 Å². The lowest BCUT2D eigenvalue weighted by molar-refractivity contribution is 0.0567. The molecule has 1 aromatic rings. The van der Waals surface area contributed by atoms with Crippen LogP contribution in [0.4, 0.5) is 0 Å². The van der Waals surface area contributed by atoms with Crippen molar-refractivity contribution in [3.05, 3.63) is 16.0 Å². The average Bonchev–Trinajstić information content (AvgIpc) is 2.95. The predicted octanol–water partition coefficient (Wildman–Crippen LogP) is 0.797. The second-order valence-electron chi connectivity index (χ2n) is 5.83. The van der Waals surface area contributed by atoms with Crippen LogP contribution < -0.4 is 10.0 Å². The quantitative estimate of drug-likeness (QED) is 0.717. The fraction of sp³-hybridized carbons (Fsp3) is 0.643. The van der Waals surface area contributed by atoms with Crippen molar-refractivity contribution in [1.29, 1.82) is 0 Å². The lowest BCUT2D eigenvalue weighted by Crippen LogP contribution is -2.33. The van der Waals surface area contributed by atoms with E-state index in [1.807, 2.05) is 0 Å². The summed E-state index contributed by atoms with van der Waals surface area (Å²) in [5.74, 6) is -1.03. The zero-order valence-electron chi connectivity index (χ0n) is 12.6. The molecule has 23 heavy (non-hydrogen) atoms. The maximum Gasteiger partial charge on any atom is 0.338 e. The van der Waals surface area contributed by atoms with Gasteiger partial charge in [0.05, 0.1) is 12.2 Å². The summed E-state index contributed by atoms with van der Waals surface area (Å²) in [5.41, 5.74) is 0.599. The first-order valence-corrected chi connectivity index (χ1v) is 9.95. The molecule has 0 aromatic carbocycles. The first-order chi connectivity index (χ1) is 11.0. The second-order valence-corrected chi connectivity index (χ2v) is 8.90. The lowest BCUT2D eigenvalue weighted by Gasteiger charge is -2.22. The number of carbonyl (C=O) groups is 1. The molecule has 0 spiro atoms. The Morgan fingerprint density at radius 2 is 2.30 bits per heavy atom. The Morgan fingerprint density at radius 1 is 1.48 bits per heavy atom. The third-order valence-electron chi connectivity index (χ3n) is 4.17. The van der Waals surface area contributed by atoms with Crippen LogP contribution in [0.5, 0.6) is 0 Å². The first kappa shape index (κ1) is 16.8. The summed E-state index contributed by atoms with van der Waals surface area (Å²) in [4.78, 5) is 12.4. The molecule has 0 aliphatic carbocycles. The SMILES string of the molecule is O=C(O)c1c(S(=O)(=O)NC[C@@H]2CCCOC2)sc2c1CCNC2. The van der Waals surface area contributed by atoms with Crippen LogP contribution in [-0.2, 0) is 27.7 Å². The molecule has 0 bridgehead atoms. The normalized spacial score (nSPS) is 21.8. The van der Waals surface area contributed by atoms with Gasteiger partial charge in [0, 0.05) is 24.6 Å². The molecule has 1 fully saturated rings. The molecule has 3 rings (SSSR count). The lowest BCUT2D eigenvalue weighted by atomic mass is 10.0. The molecule has 3 heterocycles. The number of hydrogen-bond donors (Lipinski definition) is 3. The van der Waals surface area contributed by atoms with Gasteiger partial charge in [-0.15, -0.1) is 11.3 Å². The Morgan fingerprint density at radius 3 is 3.00 bits per heavy atom. The summed E-state index contributed by atoms with van der Waals surface area (Å²) >= 11 is 1.06. The molecule has 0 saturated carbocycles. The first-order valence-electron chi connectivity index (χ1n) is 7.65. The van der Waals surface area contributed by atoms with E-state index in [-0.39, 0.29) is 22.2 Å².